The number of amides is 1. The number of carbonyl (C=O) groups excluding carboxylic acids is 1. The lowest BCUT2D eigenvalue weighted by Gasteiger charge is -2.17. The van der Waals surface area contributed by atoms with E-state index in [-0.39, 0.29) is 5.91 Å². The van der Waals surface area contributed by atoms with E-state index in [2.05, 4.69) is 5.32 Å². The lowest BCUT2D eigenvalue weighted by Crippen LogP contribution is -2.32. The third-order valence-electron chi connectivity index (χ3n) is 3.78. The second kappa shape index (κ2) is 10.4. The van der Waals surface area contributed by atoms with Gasteiger partial charge in [-0.25, -0.2) is 0 Å². The molecule has 134 valence electrons. The van der Waals surface area contributed by atoms with Gasteiger partial charge in [0.1, 0.15) is 24.7 Å². The first-order chi connectivity index (χ1) is 12.2. The average molecular weight is 342 g/mol. The minimum Gasteiger partial charge on any atom is -0.492 e. The van der Waals surface area contributed by atoms with Crippen molar-refractivity contribution in [2.75, 3.05) is 33.8 Å². The fourth-order valence-electron chi connectivity index (χ4n) is 2.22. The largest absolute Gasteiger partial charge is 0.492 e. The molecule has 5 heteroatoms. The maximum Gasteiger partial charge on any atom is 0.223 e. The Hall–Kier alpha value is -2.53. The molecule has 0 fully saturated rings. The average Bonchev–Trinajstić information content (AvgIpc) is 2.66. The van der Waals surface area contributed by atoms with Crippen LogP contribution in [0.4, 0.5) is 0 Å². The van der Waals surface area contributed by atoms with E-state index in [1.165, 1.54) is 0 Å². The first-order valence-electron chi connectivity index (χ1n) is 8.47. The molecule has 0 spiro atoms. The van der Waals surface area contributed by atoms with Gasteiger partial charge in [0.05, 0.1) is 6.54 Å². The van der Waals surface area contributed by atoms with E-state index in [0.717, 1.165) is 17.1 Å². The number of benzene rings is 2. The van der Waals surface area contributed by atoms with E-state index < -0.39 is 0 Å². The van der Waals surface area contributed by atoms with Gasteiger partial charge in [-0.15, -0.1) is 0 Å². The number of hydrogen-bond donors (Lipinski definition) is 1. The van der Waals surface area contributed by atoms with Gasteiger partial charge in [0.2, 0.25) is 5.91 Å². The molecule has 0 atom stereocenters. The van der Waals surface area contributed by atoms with Crippen LogP contribution >= 0.6 is 0 Å². The van der Waals surface area contributed by atoms with Crippen LogP contribution in [0.25, 0.3) is 0 Å². The van der Waals surface area contributed by atoms with Crippen LogP contribution in [0.2, 0.25) is 0 Å². The van der Waals surface area contributed by atoms with Crippen LogP contribution in [0.5, 0.6) is 11.5 Å². The first kappa shape index (κ1) is 18.8. The fourth-order valence-corrected chi connectivity index (χ4v) is 2.22. The van der Waals surface area contributed by atoms with Gasteiger partial charge < -0.3 is 19.7 Å². The molecule has 0 aliphatic rings. The highest BCUT2D eigenvalue weighted by Crippen LogP contribution is 2.18. The zero-order valence-corrected chi connectivity index (χ0v) is 14.9. The summed E-state index contributed by atoms with van der Waals surface area (Å²) in [5.74, 6) is 1.68. The number of likely N-dealkylation sites (N-methyl/N-ethyl adjacent to an activating group) is 1. The van der Waals surface area contributed by atoms with Gasteiger partial charge >= 0.3 is 0 Å². The molecule has 0 radical (unpaired) electrons. The fraction of sp³-hybridized carbons (Fsp3) is 0.350. The number of carbonyl (C=O) groups is 1. The SMILES string of the molecule is CNCCC(=O)N(C)CCOc1ccc(OCc2ccccc2)cc1. The monoisotopic (exact) mass is 342 g/mol. The van der Waals surface area contributed by atoms with E-state index in [0.29, 0.717) is 32.7 Å². The summed E-state index contributed by atoms with van der Waals surface area (Å²) in [6.07, 6.45) is 0.500. The van der Waals surface area contributed by atoms with Crippen molar-refractivity contribution < 1.29 is 14.3 Å². The van der Waals surface area contributed by atoms with Crippen molar-refractivity contribution in [2.45, 2.75) is 13.0 Å². The van der Waals surface area contributed by atoms with Crippen LogP contribution in [-0.4, -0.2) is 44.6 Å². The van der Waals surface area contributed by atoms with Gasteiger partial charge in [-0.05, 0) is 36.9 Å². The Bertz CT molecular complexity index is 629. The maximum atomic E-state index is 11.8. The molecule has 0 heterocycles. The minimum absolute atomic E-state index is 0.114. The lowest BCUT2D eigenvalue weighted by atomic mass is 10.2. The van der Waals surface area contributed by atoms with Crippen molar-refractivity contribution in [3.63, 3.8) is 0 Å². The second-order valence-corrected chi connectivity index (χ2v) is 5.76. The Labute approximate surface area is 149 Å². The molecular formula is C20H26N2O3. The van der Waals surface area contributed by atoms with Crippen molar-refractivity contribution in [2.24, 2.45) is 0 Å². The predicted molar refractivity (Wildman–Crippen MR) is 98.9 cm³/mol. The summed E-state index contributed by atoms with van der Waals surface area (Å²) in [6, 6.07) is 17.6. The van der Waals surface area contributed by atoms with E-state index in [4.69, 9.17) is 9.47 Å². The summed E-state index contributed by atoms with van der Waals surface area (Å²) in [7, 11) is 3.63. The Morgan fingerprint density at radius 1 is 1.00 bits per heavy atom. The molecule has 0 saturated carbocycles. The molecule has 0 saturated heterocycles. The van der Waals surface area contributed by atoms with E-state index in [1.54, 1.807) is 11.9 Å². The topological polar surface area (TPSA) is 50.8 Å². The lowest BCUT2D eigenvalue weighted by molar-refractivity contribution is -0.130. The molecule has 2 aromatic rings. The highest BCUT2D eigenvalue weighted by atomic mass is 16.5. The smallest absolute Gasteiger partial charge is 0.223 e. The standard InChI is InChI=1S/C20H26N2O3/c1-21-13-12-20(23)22(2)14-15-24-18-8-10-19(11-9-18)25-16-17-6-4-3-5-7-17/h3-11,21H,12-16H2,1-2H3. The van der Waals surface area contributed by atoms with Crippen molar-refractivity contribution in [1.82, 2.24) is 10.2 Å². The summed E-state index contributed by atoms with van der Waals surface area (Å²) in [6.45, 7) is 2.26. The van der Waals surface area contributed by atoms with Gasteiger partial charge in [-0.2, -0.15) is 0 Å². The number of ether oxygens (including phenoxy) is 2. The van der Waals surface area contributed by atoms with Crippen molar-refractivity contribution in [1.29, 1.82) is 0 Å². The number of nitrogens with one attached hydrogen (secondary N) is 1. The molecular weight excluding hydrogens is 316 g/mol. The molecule has 0 aliphatic heterocycles. The Morgan fingerprint density at radius 3 is 2.28 bits per heavy atom. The van der Waals surface area contributed by atoms with Crippen LogP contribution in [0.1, 0.15) is 12.0 Å². The molecule has 0 aliphatic carbocycles. The number of nitrogens with zero attached hydrogens (tertiary/aromatic N) is 1. The van der Waals surface area contributed by atoms with Crippen LogP contribution in [-0.2, 0) is 11.4 Å². The molecule has 0 unspecified atom stereocenters. The van der Waals surface area contributed by atoms with Gasteiger partial charge in [-0.3, -0.25) is 4.79 Å². The molecule has 0 bridgehead atoms. The molecule has 1 N–H and O–H groups in total. The highest BCUT2D eigenvalue weighted by Gasteiger charge is 2.07. The van der Waals surface area contributed by atoms with Crippen LogP contribution in [0.15, 0.2) is 54.6 Å². The Balaban J connectivity index is 1.70. The third kappa shape index (κ3) is 6.85. The third-order valence-corrected chi connectivity index (χ3v) is 3.78. The quantitative estimate of drug-likeness (QED) is 0.721. The van der Waals surface area contributed by atoms with Gasteiger partial charge in [-0.1, -0.05) is 30.3 Å². The van der Waals surface area contributed by atoms with Crippen molar-refractivity contribution in [3.05, 3.63) is 60.2 Å². The summed E-state index contributed by atoms with van der Waals surface area (Å²) in [5.41, 5.74) is 1.13. The summed E-state index contributed by atoms with van der Waals surface area (Å²) >= 11 is 0. The van der Waals surface area contributed by atoms with Gasteiger partial charge in [0.25, 0.3) is 0 Å². The number of rotatable bonds is 10. The summed E-state index contributed by atoms with van der Waals surface area (Å²) in [5, 5.41) is 2.97. The van der Waals surface area contributed by atoms with E-state index >= 15 is 0 Å². The summed E-state index contributed by atoms with van der Waals surface area (Å²) in [4.78, 5) is 13.5. The molecule has 2 rings (SSSR count). The molecule has 0 aromatic heterocycles. The Morgan fingerprint density at radius 2 is 1.64 bits per heavy atom. The van der Waals surface area contributed by atoms with E-state index in [9.17, 15) is 4.79 Å². The highest BCUT2D eigenvalue weighted by molar-refractivity contribution is 5.76. The summed E-state index contributed by atoms with van der Waals surface area (Å²) < 4.78 is 11.4. The van der Waals surface area contributed by atoms with Crippen LogP contribution < -0.4 is 14.8 Å². The Kier molecular flexibility index (Phi) is 7.79. The van der Waals surface area contributed by atoms with E-state index in [1.807, 2.05) is 61.6 Å². The second-order valence-electron chi connectivity index (χ2n) is 5.76. The van der Waals surface area contributed by atoms with Gasteiger partial charge in [0, 0.05) is 20.0 Å². The molecule has 1 amide bonds. The van der Waals surface area contributed by atoms with Crippen LogP contribution in [0.3, 0.4) is 0 Å². The number of hydrogen-bond acceptors (Lipinski definition) is 4. The zero-order valence-electron chi connectivity index (χ0n) is 14.9. The zero-order chi connectivity index (χ0) is 17.9. The molecule has 2 aromatic carbocycles. The first-order valence-corrected chi connectivity index (χ1v) is 8.47. The molecule has 5 nitrogen and oxygen atoms in total. The normalized spacial score (nSPS) is 10.3. The molecule has 25 heavy (non-hydrogen) atoms. The maximum absolute atomic E-state index is 11.8. The van der Waals surface area contributed by atoms with Crippen molar-refractivity contribution in [3.8, 4) is 11.5 Å². The minimum atomic E-state index is 0.114. The van der Waals surface area contributed by atoms with Crippen molar-refractivity contribution >= 4 is 5.91 Å². The van der Waals surface area contributed by atoms with Gasteiger partial charge in [0.15, 0.2) is 0 Å². The predicted octanol–water partition coefficient (Wildman–Crippen LogP) is 2.71. The van der Waals surface area contributed by atoms with Crippen LogP contribution in [0, 0.1) is 0 Å².